The van der Waals surface area contributed by atoms with Crippen LogP contribution in [0.25, 0.3) is 5.65 Å². The number of para-hydroxylation sites is 1. The number of carbonyl (C=O) groups excluding carboxylic acids is 1. The molecule has 1 amide bonds. The van der Waals surface area contributed by atoms with Gasteiger partial charge in [-0.1, -0.05) is 25.1 Å². The Labute approximate surface area is 207 Å². The lowest BCUT2D eigenvalue weighted by atomic mass is 10.2. The molecule has 11 heteroatoms. The maximum Gasteiger partial charge on any atom is 0.287 e. The molecule has 4 rings (SSSR count). The summed E-state index contributed by atoms with van der Waals surface area (Å²) in [6.07, 6.45) is 0. The van der Waals surface area contributed by atoms with Crippen molar-refractivity contribution in [3.05, 3.63) is 82.0 Å². The highest BCUT2D eigenvalue weighted by Gasteiger charge is 2.17. The zero-order valence-electron chi connectivity index (χ0n) is 20.0. The molecule has 0 saturated carbocycles. The summed E-state index contributed by atoms with van der Waals surface area (Å²) in [5, 5.41) is 2.66. The average molecular weight is 512 g/mol. The highest BCUT2D eigenvalue weighted by molar-refractivity contribution is 7.91. The molecule has 0 bridgehead atoms. The van der Waals surface area contributed by atoms with Gasteiger partial charge in [0.1, 0.15) is 23.9 Å². The Hall–Kier alpha value is -4.12. The van der Waals surface area contributed by atoms with E-state index in [0.717, 1.165) is 10.1 Å². The van der Waals surface area contributed by atoms with Crippen molar-refractivity contribution >= 4 is 27.1 Å². The Kier molecular flexibility index (Phi) is 7.11. The molecule has 0 atom stereocenters. The molecule has 0 aliphatic heterocycles. The Balaban J connectivity index is 1.56. The zero-order valence-corrected chi connectivity index (χ0v) is 20.8. The van der Waals surface area contributed by atoms with E-state index < -0.39 is 21.3 Å². The molecule has 0 spiro atoms. The normalized spacial score (nSPS) is 11.4. The van der Waals surface area contributed by atoms with E-state index in [-0.39, 0.29) is 35.3 Å². The van der Waals surface area contributed by atoms with Crippen LogP contribution in [0.3, 0.4) is 0 Å². The smallest absolute Gasteiger partial charge is 0.287 e. The summed E-state index contributed by atoms with van der Waals surface area (Å²) in [4.78, 5) is 29.3. The second-order valence-electron chi connectivity index (χ2n) is 8.04. The molecule has 2 aromatic heterocycles. The highest BCUT2D eigenvalue weighted by Crippen LogP contribution is 2.29. The summed E-state index contributed by atoms with van der Waals surface area (Å²) >= 11 is 0. The van der Waals surface area contributed by atoms with E-state index in [1.807, 2.05) is 19.1 Å². The zero-order chi connectivity index (χ0) is 25.9. The maximum absolute atomic E-state index is 12.6. The van der Waals surface area contributed by atoms with Crippen LogP contribution in [0.1, 0.15) is 23.9 Å². The minimum absolute atomic E-state index is 0.0409. The predicted molar refractivity (Wildman–Crippen MR) is 132 cm³/mol. The molecule has 2 heterocycles. The van der Waals surface area contributed by atoms with Crippen LogP contribution in [0.4, 0.5) is 5.69 Å². The molecule has 36 heavy (non-hydrogen) atoms. The lowest BCUT2D eigenvalue weighted by molar-refractivity contribution is -0.118. The van der Waals surface area contributed by atoms with Crippen LogP contribution in [-0.4, -0.2) is 36.2 Å². The fourth-order valence-corrected chi connectivity index (χ4v) is 4.35. The molecule has 0 fully saturated rings. The number of nitrogens with zero attached hydrogens (tertiary/aromatic N) is 2. The molecule has 2 aromatic carbocycles. The molecule has 0 aliphatic rings. The number of ether oxygens (including phenoxy) is 2. The van der Waals surface area contributed by atoms with Crippen LogP contribution in [0.15, 0.2) is 68.8 Å². The van der Waals surface area contributed by atoms with Gasteiger partial charge in [0.2, 0.25) is 0 Å². The topological polar surface area (TPSA) is 129 Å². The van der Waals surface area contributed by atoms with Crippen molar-refractivity contribution in [3.8, 4) is 11.5 Å². The van der Waals surface area contributed by atoms with Crippen LogP contribution in [0, 0.1) is 13.8 Å². The van der Waals surface area contributed by atoms with Gasteiger partial charge in [-0.2, -0.15) is 0 Å². The first-order chi connectivity index (χ1) is 17.2. The van der Waals surface area contributed by atoms with E-state index in [1.54, 1.807) is 25.1 Å². The van der Waals surface area contributed by atoms with E-state index in [0.29, 0.717) is 22.9 Å². The first-order valence-electron chi connectivity index (χ1n) is 11.1. The SMILES string of the molecule is CCS(=O)(=O)c1ccc(OCc2cc(=O)n3oc(C)cc3n2)c(NC(=O)COc2ccccc2C)c1. The fourth-order valence-electron chi connectivity index (χ4n) is 3.44. The molecular formula is C25H25N3O7S. The van der Waals surface area contributed by atoms with Crippen LogP contribution < -0.4 is 20.3 Å². The summed E-state index contributed by atoms with van der Waals surface area (Å²) in [7, 11) is -3.53. The molecule has 188 valence electrons. The van der Waals surface area contributed by atoms with E-state index in [4.69, 9.17) is 14.0 Å². The molecule has 10 nitrogen and oxygen atoms in total. The van der Waals surface area contributed by atoms with Gasteiger partial charge in [-0.25, -0.2) is 13.4 Å². The van der Waals surface area contributed by atoms with E-state index in [1.165, 1.54) is 31.2 Å². The number of aryl methyl sites for hydroxylation is 2. The van der Waals surface area contributed by atoms with Gasteiger partial charge in [0.15, 0.2) is 22.1 Å². The van der Waals surface area contributed by atoms with E-state index >= 15 is 0 Å². The van der Waals surface area contributed by atoms with Crippen molar-refractivity contribution in [1.29, 1.82) is 0 Å². The van der Waals surface area contributed by atoms with Crippen LogP contribution >= 0.6 is 0 Å². The number of rotatable bonds is 9. The monoisotopic (exact) mass is 511 g/mol. The third kappa shape index (κ3) is 5.57. The lowest BCUT2D eigenvalue weighted by Gasteiger charge is -2.15. The Bertz CT molecular complexity index is 1590. The Morgan fingerprint density at radius 2 is 1.83 bits per heavy atom. The Morgan fingerprint density at radius 1 is 1.06 bits per heavy atom. The van der Waals surface area contributed by atoms with Crippen molar-refractivity contribution in [2.75, 3.05) is 17.7 Å². The number of hydrogen-bond acceptors (Lipinski definition) is 8. The molecule has 0 saturated heterocycles. The van der Waals surface area contributed by atoms with Crippen molar-refractivity contribution < 1.29 is 27.2 Å². The van der Waals surface area contributed by atoms with Gasteiger partial charge >= 0.3 is 0 Å². The number of nitrogens with one attached hydrogen (secondary N) is 1. The van der Waals surface area contributed by atoms with E-state index in [2.05, 4.69) is 10.3 Å². The minimum Gasteiger partial charge on any atom is -0.485 e. The van der Waals surface area contributed by atoms with Gasteiger partial charge in [-0.15, -0.1) is 4.57 Å². The lowest BCUT2D eigenvalue weighted by Crippen LogP contribution is -2.21. The quantitative estimate of drug-likeness (QED) is 0.362. The van der Waals surface area contributed by atoms with Crippen molar-refractivity contribution in [3.63, 3.8) is 0 Å². The number of hydrogen-bond donors (Lipinski definition) is 1. The minimum atomic E-state index is -3.53. The first kappa shape index (κ1) is 25.0. The summed E-state index contributed by atoms with van der Waals surface area (Å²) in [6.45, 7) is 4.71. The first-order valence-corrected chi connectivity index (χ1v) is 12.8. The van der Waals surface area contributed by atoms with Gasteiger partial charge in [0.25, 0.3) is 11.5 Å². The van der Waals surface area contributed by atoms with Gasteiger partial charge in [0, 0.05) is 12.1 Å². The van der Waals surface area contributed by atoms with Crippen molar-refractivity contribution in [2.24, 2.45) is 0 Å². The largest absolute Gasteiger partial charge is 0.485 e. The van der Waals surface area contributed by atoms with E-state index in [9.17, 15) is 18.0 Å². The molecule has 0 unspecified atom stereocenters. The van der Waals surface area contributed by atoms with Gasteiger partial charge < -0.3 is 19.3 Å². The second-order valence-corrected chi connectivity index (χ2v) is 10.3. The summed E-state index contributed by atoms with van der Waals surface area (Å²) < 4.78 is 42.6. The summed E-state index contributed by atoms with van der Waals surface area (Å²) in [5.41, 5.74) is 1.30. The number of benzene rings is 2. The second kappa shape index (κ2) is 10.2. The van der Waals surface area contributed by atoms with Crippen LogP contribution in [0.5, 0.6) is 11.5 Å². The van der Waals surface area contributed by atoms with Crippen LogP contribution in [-0.2, 0) is 21.2 Å². The molecule has 4 aromatic rings. The fraction of sp³-hybridized carbons (Fsp3) is 0.240. The third-order valence-electron chi connectivity index (χ3n) is 5.32. The maximum atomic E-state index is 12.6. The molecule has 0 aliphatic carbocycles. The predicted octanol–water partition coefficient (Wildman–Crippen LogP) is 3.29. The third-order valence-corrected chi connectivity index (χ3v) is 7.05. The van der Waals surface area contributed by atoms with Gasteiger partial charge in [-0.3, -0.25) is 9.59 Å². The van der Waals surface area contributed by atoms with Crippen molar-refractivity contribution in [1.82, 2.24) is 9.56 Å². The number of amides is 1. The molecule has 0 radical (unpaired) electrons. The van der Waals surface area contributed by atoms with Gasteiger partial charge in [-0.05, 0) is 43.7 Å². The number of aromatic nitrogens is 2. The number of anilines is 1. The number of fused-ring (bicyclic) bond motifs is 1. The molecule has 1 N–H and O–H groups in total. The number of sulfone groups is 1. The summed E-state index contributed by atoms with van der Waals surface area (Å²) in [6, 6.07) is 14.4. The number of carbonyl (C=O) groups is 1. The average Bonchev–Trinajstić information content (AvgIpc) is 3.23. The molecular weight excluding hydrogens is 486 g/mol. The van der Waals surface area contributed by atoms with Crippen molar-refractivity contribution in [2.45, 2.75) is 32.3 Å². The van der Waals surface area contributed by atoms with Crippen LogP contribution in [0.2, 0.25) is 0 Å². The summed E-state index contributed by atoms with van der Waals surface area (Å²) in [5.74, 6) is 0.701. The Morgan fingerprint density at radius 3 is 2.58 bits per heavy atom. The standard InChI is InChI=1S/C25H25N3O7S/c1-4-36(31,32)19-9-10-22(33-14-18-12-25(30)28-23(26-18)11-17(3)35-28)20(13-19)27-24(29)15-34-21-8-6-5-7-16(21)2/h5-13H,4,14-15H2,1-3H3,(H,27,29). The highest BCUT2D eigenvalue weighted by atomic mass is 32.2. The van der Waals surface area contributed by atoms with Gasteiger partial charge in [0.05, 0.1) is 22.0 Å².